The summed E-state index contributed by atoms with van der Waals surface area (Å²) in [5, 5.41) is 0.499. The molecule has 0 aliphatic carbocycles. The molecule has 3 rings (SSSR count). The Balaban J connectivity index is 1.71. The Morgan fingerprint density at radius 2 is 1.80 bits per heavy atom. The fraction of sp³-hybridized carbons (Fsp3) is 0.333. The molecule has 5 nitrogen and oxygen atoms in total. The maximum absolute atomic E-state index is 12.4. The summed E-state index contributed by atoms with van der Waals surface area (Å²) >= 11 is 5.81. The Hall–Kier alpha value is -1.76. The van der Waals surface area contributed by atoms with E-state index in [1.54, 1.807) is 31.4 Å². The standard InChI is InChI=1S/C18H21ClN2O3S/c1-24-17-3-2-12-21(13-17)16-8-6-15(7-9-16)20-25(22,23)18-10-4-14(19)5-11-18/h4-11,17,20H,2-3,12-13H2,1H3. The molecule has 0 spiro atoms. The lowest BCUT2D eigenvalue weighted by Crippen LogP contribution is -2.39. The summed E-state index contributed by atoms with van der Waals surface area (Å²) in [6.07, 6.45) is 2.41. The van der Waals surface area contributed by atoms with E-state index in [4.69, 9.17) is 16.3 Å². The summed E-state index contributed by atoms with van der Waals surface area (Å²) in [7, 11) is -1.88. The first kappa shape index (κ1) is 18.0. The van der Waals surface area contributed by atoms with Crippen molar-refractivity contribution < 1.29 is 13.2 Å². The minimum absolute atomic E-state index is 0.181. The normalized spacial score (nSPS) is 18.2. The third kappa shape index (κ3) is 4.45. The molecule has 0 amide bonds. The molecule has 1 aliphatic heterocycles. The van der Waals surface area contributed by atoms with Crippen molar-refractivity contribution in [1.29, 1.82) is 0 Å². The zero-order chi connectivity index (χ0) is 17.9. The van der Waals surface area contributed by atoms with Crippen LogP contribution in [0.5, 0.6) is 0 Å². The summed E-state index contributed by atoms with van der Waals surface area (Å²) in [4.78, 5) is 2.44. The largest absolute Gasteiger partial charge is 0.380 e. The number of nitrogens with zero attached hydrogens (tertiary/aromatic N) is 1. The molecule has 1 N–H and O–H groups in total. The van der Waals surface area contributed by atoms with E-state index in [1.165, 1.54) is 12.1 Å². The summed E-state index contributed by atoms with van der Waals surface area (Å²) in [6, 6.07) is 13.5. The van der Waals surface area contributed by atoms with E-state index >= 15 is 0 Å². The van der Waals surface area contributed by atoms with Gasteiger partial charge < -0.3 is 9.64 Å². The highest BCUT2D eigenvalue weighted by Gasteiger charge is 2.20. The first-order valence-corrected chi connectivity index (χ1v) is 10.0. The molecule has 0 aromatic heterocycles. The zero-order valence-corrected chi connectivity index (χ0v) is 15.6. The molecule has 1 atom stereocenters. The number of methoxy groups -OCH3 is 1. The molecule has 134 valence electrons. The molecule has 0 saturated carbocycles. The average molecular weight is 381 g/mol. The number of hydrogen-bond donors (Lipinski definition) is 1. The number of benzene rings is 2. The second kappa shape index (κ2) is 7.64. The fourth-order valence-corrected chi connectivity index (χ4v) is 4.12. The van der Waals surface area contributed by atoms with E-state index < -0.39 is 10.0 Å². The summed E-state index contributed by atoms with van der Waals surface area (Å²) in [5.74, 6) is 0. The Kier molecular flexibility index (Phi) is 5.51. The predicted molar refractivity (Wildman–Crippen MR) is 101 cm³/mol. The van der Waals surface area contributed by atoms with Crippen molar-refractivity contribution >= 4 is 33.0 Å². The first-order valence-electron chi connectivity index (χ1n) is 8.14. The van der Waals surface area contributed by atoms with Crippen LogP contribution < -0.4 is 9.62 Å². The van der Waals surface area contributed by atoms with Crippen molar-refractivity contribution in [2.75, 3.05) is 29.8 Å². The minimum atomic E-state index is -3.62. The number of ether oxygens (including phenoxy) is 1. The van der Waals surface area contributed by atoms with Gasteiger partial charge in [0.05, 0.1) is 11.0 Å². The highest BCUT2D eigenvalue weighted by atomic mass is 35.5. The van der Waals surface area contributed by atoms with Gasteiger partial charge in [0.15, 0.2) is 0 Å². The smallest absolute Gasteiger partial charge is 0.261 e. The Bertz CT molecular complexity index is 807. The van der Waals surface area contributed by atoms with Crippen LogP contribution in [0, 0.1) is 0 Å². The van der Waals surface area contributed by atoms with Crippen molar-refractivity contribution in [2.45, 2.75) is 23.8 Å². The maximum atomic E-state index is 12.4. The van der Waals surface area contributed by atoms with Crippen molar-refractivity contribution in [3.8, 4) is 0 Å². The van der Waals surface area contributed by atoms with E-state index in [0.717, 1.165) is 31.6 Å². The van der Waals surface area contributed by atoms with Gasteiger partial charge in [-0.05, 0) is 61.4 Å². The number of nitrogens with one attached hydrogen (secondary N) is 1. The molecular weight excluding hydrogens is 360 g/mol. The van der Waals surface area contributed by atoms with Crippen LogP contribution in [-0.4, -0.2) is 34.7 Å². The summed E-state index contributed by atoms with van der Waals surface area (Å²) < 4.78 is 32.8. The van der Waals surface area contributed by atoms with Gasteiger partial charge in [0.1, 0.15) is 0 Å². The van der Waals surface area contributed by atoms with Gasteiger partial charge in [0.2, 0.25) is 0 Å². The molecule has 1 aliphatic rings. The second-order valence-corrected chi connectivity index (χ2v) is 8.17. The molecule has 1 fully saturated rings. The zero-order valence-electron chi connectivity index (χ0n) is 14.0. The van der Waals surface area contributed by atoms with Crippen LogP contribution in [0.1, 0.15) is 12.8 Å². The molecule has 25 heavy (non-hydrogen) atoms. The number of rotatable bonds is 5. The summed E-state index contributed by atoms with van der Waals surface area (Å²) in [5.41, 5.74) is 1.59. The lowest BCUT2D eigenvalue weighted by molar-refractivity contribution is 0.0893. The molecule has 2 aromatic rings. The number of halogens is 1. The highest BCUT2D eigenvalue weighted by molar-refractivity contribution is 7.92. The number of hydrogen-bond acceptors (Lipinski definition) is 4. The van der Waals surface area contributed by atoms with Crippen LogP contribution in [0.2, 0.25) is 5.02 Å². The van der Waals surface area contributed by atoms with Crippen molar-refractivity contribution in [2.24, 2.45) is 0 Å². The molecule has 0 radical (unpaired) electrons. The lowest BCUT2D eigenvalue weighted by Gasteiger charge is -2.33. The van der Waals surface area contributed by atoms with E-state index in [1.807, 2.05) is 12.1 Å². The molecule has 2 aromatic carbocycles. The van der Waals surface area contributed by atoms with Crippen LogP contribution in [0.3, 0.4) is 0 Å². The maximum Gasteiger partial charge on any atom is 0.261 e. The predicted octanol–water partition coefficient (Wildman–Crippen LogP) is 3.76. The van der Waals surface area contributed by atoms with Gasteiger partial charge in [0.25, 0.3) is 10.0 Å². The highest BCUT2D eigenvalue weighted by Crippen LogP contribution is 2.24. The summed E-state index contributed by atoms with van der Waals surface area (Å²) in [6.45, 7) is 1.84. The average Bonchev–Trinajstić information content (AvgIpc) is 2.62. The molecule has 1 unspecified atom stereocenters. The van der Waals surface area contributed by atoms with E-state index in [2.05, 4.69) is 9.62 Å². The Morgan fingerprint density at radius 1 is 1.12 bits per heavy atom. The third-order valence-electron chi connectivity index (χ3n) is 4.32. The Labute approximate surface area is 153 Å². The van der Waals surface area contributed by atoms with E-state index in [-0.39, 0.29) is 11.0 Å². The van der Waals surface area contributed by atoms with Gasteiger partial charge in [-0.25, -0.2) is 8.42 Å². The van der Waals surface area contributed by atoms with Crippen LogP contribution in [0.15, 0.2) is 53.4 Å². The van der Waals surface area contributed by atoms with Gasteiger partial charge in [0, 0.05) is 36.6 Å². The Morgan fingerprint density at radius 3 is 2.44 bits per heavy atom. The SMILES string of the molecule is COC1CCCN(c2ccc(NS(=O)(=O)c3ccc(Cl)cc3)cc2)C1. The molecule has 1 heterocycles. The monoisotopic (exact) mass is 380 g/mol. The number of sulfonamides is 1. The van der Waals surface area contributed by atoms with E-state index in [9.17, 15) is 8.42 Å². The van der Waals surface area contributed by atoms with Gasteiger partial charge in [-0.15, -0.1) is 0 Å². The van der Waals surface area contributed by atoms with Gasteiger partial charge in [-0.3, -0.25) is 4.72 Å². The van der Waals surface area contributed by atoms with Crippen molar-refractivity contribution in [1.82, 2.24) is 0 Å². The van der Waals surface area contributed by atoms with Gasteiger partial charge in [-0.1, -0.05) is 11.6 Å². The molecule has 7 heteroatoms. The van der Waals surface area contributed by atoms with Crippen LogP contribution in [-0.2, 0) is 14.8 Å². The minimum Gasteiger partial charge on any atom is -0.380 e. The second-order valence-electron chi connectivity index (χ2n) is 6.05. The van der Waals surface area contributed by atoms with Crippen LogP contribution >= 0.6 is 11.6 Å². The quantitative estimate of drug-likeness (QED) is 0.858. The topological polar surface area (TPSA) is 58.6 Å². The van der Waals surface area contributed by atoms with Crippen LogP contribution in [0.25, 0.3) is 0 Å². The van der Waals surface area contributed by atoms with Gasteiger partial charge >= 0.3 is 0 Å². The molecule has 1 saturated heterocycles. The lowest BCUT2D eigenvalue weighted by atomic mass is 10.1. The van der Waals surface area contributed by atoms with Crippen LogP contribution in [0.4, 0.5) is 11.4 Å². The fourth-order valence-electron chi connectivity index (χ4n) is 2.93. The first-order chi connectivity index (χ1) is 12.0. The number of anilines is 2. The molecule has 0 bridgehead atoms. The third-order valence-corrected chi connectivity index (χ3v) is 5.97. The van der Waals surface area contributed by atoms with Crippen molar-refractivity contribution in [3.63, 3.8) is 0 Å². The number of piperidine rings is 1. The van der Waals surface area contributed by atoms with Gasteiger partial charge in [-0.2, -0.15) is 0 Å². The van der Waals surface area contributed by atoms with Crippen molar-refractivity contribution in [3.05, 3.63) is 53.6 Å². The van der Waals surface area contributed by atoms with E-state index in [0.29, 0.717) is 10.7 Å². The molecular formula is C18H21ClN2O3S.